The van der Waals surface area contributed by atoms with Gasteiger partial charge < -0.3 is 10.1 Å². The molecule has 4 heteroatoms. The summed E-state index contributed by atoms with van der Waals surface area (Å²) in [6, 6.07) is 17.5. The van der Waals surface area contributed by atoms with Gasteiger partial charge in [-0.3, -0.25) is 4.90 Å². The monoisotopic (exact) mass is 420 g/mol. The van der Waals surface area contributed by atoms with Gasteiger partial charge >= 0.3 is 6.03 Å². The van der Waals surface area contributed by atoms with Crippen LogP contribution in [-0.4, -0.2) is 19.2 Å². The molecule has 1 aliphatic carbocycles. The Morgan fingerprint density at radius 1 is 1.10 bits per heavy atom. The smallest absolute Gasteiger partial charge is 0.326 e. The highest BCUT2D eigenvalue weighted by atomic mass is 16.5. The van der Waals surface area contributed by atoms with Crippen LogP contribution in [0.4, 0.5) is 16.2 Å². The first-order valence-electron chi connectivity index (χ1n) is 11.7. The number of nitrogens with zero attached hydrogens (tertiary/aromatic N) is 1. The van der Waals surface area contributed by atoms with E-state index in [0.29, 0.717) is 5.92 Å². The third-order valence-electron chi connectivity index (χ3n) is 6.08. The first-order valence-corrected chi connectivity index (χ1v) is 11.7. The first kappa shape index (κ1) is 22.9. The third kappa shape index (κ3) is 6.61. The lowest BCUT2D eigenvalue weighted by Gasteiger charge is -2.37. The van der Waals surface area contributed by atoms with Gasteiger partial charge in [-0.15, -0.1) is 0 Å². The van der Waals surface area contributed by atoms with Crippen molar-refractivity contribution in [3.8, 4) is 5.75 Å². The van der Waals surface area contributed by atoms with Gasteiger partial charge in [0.2, 0.25) is 0 Å². The number of urea groups is 1. The van der Waals surface area contributed by atoms with E-state index in [1.165, 1.54) is 44.9 Å². The fourth-order valence-corrected chi connectivity index (χ4v) is 4.36. The fraction of sp³-hybridized carbons (Fsp3) is 0.444. The standard InChI is InChI=1S/C27H36N2O2/c1-3-4-5-12-17-26(22-13-8-6-9-14-22)29(24-15-10-7-11-16-24)27(30)28-23-18-20-25(31-2)21-19-23/h7,10-12,15-22,26H,3-6,8-9,13-14H2,1-2H3,(H,28,30)/b17-12+. The van der Waals surface area contributed by atoms with Crippen molar-refractivity contribution in [1.29, 1.82) is 0 Å². The SMILES string of the molecule is CCCC/C=C/C(C1CCCCC1)N(C(=O)Nc1ccc(OC)cc1)c1ccccc1. The maximum Gasteiger partial charge on any atom is 0.326 e. The normalized spacial score (nSPS) is 15.5. The van der Waals surface area contributed by atoms with E-state index in [0.717, 1.165) is 23.5 Å². The Bertz CT molecular complexity index is 811. The lowest BCUT2D eigenvalue weighted by molar-refractivity contribution is 0.249. The summed E-state index contributed by atoms with van der Waals surface area (Å²) in [6.07, 6.45) is 14.1. The van der Waals surface area contributed by atoms with Crippen LogP contribution in [0.3, 0.4) is 0 Å². The molecule has 0 heterocycles. The lowest BCUT2D eigenvalue weighted by atomic mass is 9.82. The van der Waals surface area contributed by atoms with Gasteiger partial charge in [0.05, 0.1) is 13.2 Å². The van der Waals surface area contributed by atoms with E-state index < -0.39 is 0 Å². The number of carbonyl (C=O) groups excluding carboxylic acids is 1. The molecule has 2 amide bonds. The summed E-state index contributed by atoms with van der Waals surface area (Å²) in [6.45, 7) is 2.21. The molecule has 166 valence electrons. The maximum atomic E-state index is 13.6. The number of rotatable bonds is 9. The van der Waals surface area contributed by atoms with Gasteiger partial charge in [0.15, 0.2) is 0 Å². The zero-order valence-electron chi connectivity index (χ0n) is 18.9. The Hall–Kier alpha value is -2.75. The van der Waals surface area contributed by atoms with Crippen LogP contribution in [0.15, 0.2) is 66.7 Å². The molecule has 1 saturated carbocycles. The zero-order valence-corrected chi connectivity index (χ0v) is 18.9. The van der Waals surface area contributed by atoms with Crippen LogP contribution < -0.4 is 15.0 Å². The Morgan fingerprint density at radius 2 is 1.81 bits per heavy atom. The minimum absolute atomic E-state index is 0.0535. The van der Waals surface area contributed by atoms with Crippen molar-refractivity contribution in [1.82, 2.24) is 0 Å². The second kappa shape index (κ2) is 12.2. The molecular weight excluding hydrogens is 384 g/mol. The van der Waals surface area contributed by atoms with Gasteiger partial charge in [-0.25, -0.2) is 4.79 Å². The molecule has 1 fully saturated rings. The van der Waals surface area contributed by atoms with Crippen LogP contribution in [0.1, 0.15) is 58.3 Å². The Kier molecular flexibility index (Phi) is 9.01. The molecule has 1 aliphatic rings. The molecule has 1 N–H and O–H groups in total. The number of methoxy groups -OCH3 is 1. The van der Waals surface area contributed by atoms with Crippen molar-refractivity contribution in [3.05, 3.63) is 66.7 Å². The molecule has 0 aromatic heterocycles. The van der Waals surface area contributed by atoms with Crippen molar-refractivity contribution in [2.75, 3.05) is 17.3 Å². The molecule has 0 radical (unpaired) electrons. The van der Waals surface area contributed by atoms with Crippen LogP contribution in [0.5, 0.6) is 5.75 Å². The van der Waals surface area contributed by atoms with Crippen molar-refractivity contribution >= 4 is 17.4 Å². The Labute approximate surface area is 187 Å². The van der Waals surface area contributed by atoms with Gasteiger partial charge in [0.1, 0.15) is 5.75 Å². The van der Waals surface area contributed by atoms with Crippen molar-refractivity contribution in [2.45, 2.75) is 64.3 Å². The van der Waals surface area contributed by atoms with Gasteiger partial charge in [-0.1, -0.05) is 69.4 Å². The number of benzene rings is 2. The summed E-state index contributed by atoms with van der Waals surface area (Å²) in [5.74, 6) is 1.25. The number of hydrogen-bond donors (Lipinski definition) is 1. The average molecular weight is 421 g/mol. The molecule has 2 aromatic carbocycles. The van der Waals surface area contributed by atoms with Gasteiger partial charge in [-0.05, 0) is 61.6 Å². The van der Waals surface area contributed by atoms with E-state index >= 15 is 0 Å². The zero-order chi connectivity index (χ0) is 21.9. The molecule has 0 saturated heterocycles. The molecule has 0 bridgehead atoms. The Balaban J connectivity index is 1.89. The van der Waals surface area contributed by atoms with E-state index in [9.17, 15) is 4.79 Å². The lowest BCUT2D eigenvalue weighted by Crippen LogP contribution is -2.46. The molecule has 31 heavy (non-hydrogen) atoms. The minimum atomic E-state index is -0.0907. The van der Waals surface area contributed by atoms with Crippen molar-refractivity contribution in [2.24, 2.45) is 5.92 Å². The highest BCUT2D eigenvalue weighted by molar-refractivity contribution is 6.02. The number of para-hydroxylation sites is 1. The number of allylic oxidation sites excluding steroid dienone is 1. The molecule has 1 atom stereocenters. The highest BCUT2D eigenvalue weighted by Gasteiger charge is 2.31. The fourth-order valence-electron chi connectivity index (χ4n) is 4.36. The first-order chi connectivity index (χ1) is 15.2. The maximum absolute atomic E-state index is 13.6. The number of amides is 2. The van der Waals surface area contributed by atoms with E-state index in [1.807, 2.05) is 59.5 Å². The third-order valence-corrected chi connectivity index (χ3v) is 6.08. The minimum Gasteiger partial charge on any atom is -0.497 e. The van der Waals surface area contributed by atoms with Crippen LogP contribution in [-0.2, 0) is 0 Å². The molecule has 4 nitrogen and oxygen atoms in total. The van der Waals surface area contributed by atoms with Crippen LogP contribution in [0, 0.1) is 5.92 Å². The van der Waals surface area contributed by atoms with Crippen molar-refractivity contribution < 1.29 is 9.53 Å². The quantitative estimate of drug-likeness (QED) is 0.338. The topological polar surface area (TPSA) is 41.6 Å². The van der Waals surface area contributed by atoms with E-state index in [4.69, 9.17) is 4.74 Å². The van der Waals surface area contributed by atoms with Gasteiger partial charge in [0.25, 0.3) is 0 Å². The summed E-state index contributed by atoms with van der Waals surface area (Å²) in [7, 11) is 1.64. The van der Waals surface area contributed by atoms with E-state index in [-0.39, 0.29) is 12.1 Å². The molecule has 0 spiro atoms. The summed E-state index contributed by atoms with van der Waals surface area (Å²) in [5, 5.41) is 3.11. The molecular formula is C27H36N2O2. The second-order valence-corrected chi connectivity index (χ2v) is 8.32. The number of anilines is 2. The number of carbonyl (C=O) groups is 1. The predicted molar refractivity (Wildman–Crippen MR) is 130 cm³/mol. The van der Waals surface area contributed by atoms with Crippen LogP contribution in [0.2, 0.25) is 0 Å². The average Bonchev–Trinajstić information content (AvgIpc) is 2.82. The predicted octanol–water partition coefficient (Wildman–Crippen LogP) is 7.43. The van der Waals surface area contributed by atoms with Crippen LogP contribution >= 0.6 is 0 Å². The summed E-state index contributed by atoms with van der Waals surface area (Å²) < 4.78 is 5.24. The molecule has 2 aromatic rings. The second-order valence-electron chi connectivity index (χ2n) is 8.32. The molecule has 3 rings (SSSR count). The number of ether oxygens (including phenoxy) is 1. The summed E-state index contributed by atoms with van der Waals surface area (Å²) >= 11 is 0. The van der Waals surface area contributed by atoms with E-state index in [1.54, 1.807) is 7.11 Å². The van der Waals surface area contributed by atoms with Gasteiger partial charge in [-0.2, -0.15) is 0 Å². The number of hydrogen-bond acceptors (Lipinski definition) is 2. The summed E-state index contributed by atoms with van der Waals surface area (Å²) in [5.41, 5.74) is 1.70. The summed E-state index contributed by atoms with van der Waals surface area (Å²) in [4.78, 5) is 15.6. The molecule has 0 aliphatic heterocycles. The molecule has 1 unspecified atom stereocenters. The highest BCUT2D eigenvalue weighted by Crippen LogP contribution is 2.33. The van der Waals surface area contributed by atoms with Crippen molar-refractivity contribution in [3.63, 3.8) is 0 Å². The Morgan fingerprint density at radius 3 is 2.45 bits per heavy atom. The van der Waals surface area contributed by atoms with Crippen LogP contribution in [0.25, 0.3) is 0 Å². The van der Waals surface area contributed by atoms with E-state index in [2.05, 4.69) is 24.4 Å². The number of unbranched alkanes of at least 4 members (excludes halogenated alkanes) is 2. The number of nitrogens with one attached hydrogen (secondary N) is 1. The largest absolute Gasteiger partial charge is 0.497 e. The van der Waals surface area contributed by atoms with Gasteiger partial charge in [0, 0.05) is 11.4 Å².